The van der Waals surface area contributed by atoms with Crippen LogP contribution in [0.5, 0.6) is 0 Å². The molecule has 0 radical (unpaired) electrons. The topological polar surface area (TPSA) is 108 Å². The average Bonchev–Trinajstić information content (AvgIpc) is 3.56. The number of phosphoric acid groups is 1. The minimum Gasteiger partial charge on any atom is -0.756 e. The van der Waals surface area contributed by atoms with Crippen molar-refractivity contribution < 1.29 is 32.9 Å². The fourth-order valence-electron chi connectivity index (χ4n) is 11.5. The number of aliphatic hydroxyl groups excluding tert-OH is 1. The van der Waals surface area contributed by atoms with Gasteiger partial charge in [0.15, 0.2) is 0 Å². The number of nitrogens with one attached hydrogen (secondary N) is 1. The molecule has 84 heavy (non-hydrogen) atoms. The second-order valence-electron chi connectivity index (χ2n) is 27.0. The van der Waals surface area contributed by atoms with Crippen molar-refractivity contribution >= 4 is 13.7 Å². The van der Waals surface area contributed by atoms with Crippen molar-refractivity contribution in [1.29, 1.82) is 0 Å². The SMILES string of the molecule is CCCCCCCCCCCCCCCCCC/C=C\CCCCCCCCCCCCCCCCCCCC(=O)NC(COP(=O)([O-])OCC[N+](C)(C)C)C(O)/C=C/CC/C=C/CCCCCCCCCCCCCCCCCCCCC. The summed E-state index contributed by atoms with van der Waals surface area (Å²) in [5, 5.41) is 14.0. The van der Waals surface area contributed by atoms with E-state index in [2.05, 4.69) is 43.5 Å². The molecule has 0 aliphatic rings. The van der Waals surface area contributed by atoms with Crippen molar-refractivity contribution in [1.82, 2.24) is 5.32 Å². The van der Waals surface area contributed by atoms with Crippen molar-refractivity contribution in [2.24, 2.45) is 0 Å². The zero-order valence-electron chi connectivity index (χ0n) is 57.1. The molecule has 0 saturated heterocycles. The Kier molecular flexibility index (Phi) is 65.1. The molecule has 0 aromatic carbocycles. The molecule has 2 N–H and O–H groups in total. The van der Waals surface area contributed by atoms with Crippen LogP contribution in [0.15, 0.2) is 36.5 Å². The number of carbonyl (C=O) groups excluding carboxylic acids is 1. The number of amides is 1. The first-order valence-corrected chi connectivity index (χ1v) is 38.8. The van der Waals surface area contributed by atoms with Gasteiger partial charge in [-0.15, -0.1) is 0 Å². The van der Waals surface area contributed by atoms with Crippen LogP contribution in [-0.4, -0.2) is 68.5 Å². The molecule has 8 nitrogen and oxygen atoms in total. The van der Waals surface area contributed by atoms with Gasteiger partial charge in [-0.1, -0.05) is 359 Å². The molecule has 0 spiro atoms. The highest BCUT2D eigenvalue weighted by Crippen LogP contribution is 2.38. The fraction of sp³-hybridized carbons (Fsp3) is 0.907. The Morgan fingerprint density at radius 1 is 0.405 bits per heavy atom. The lowest BCUT2D eigenvalue weighted by Gasteiger charge is -2.29. The van der Waals surface area contributed by atoms with Gasteiger partial charge in [-0.3, -0.25) is 9.36 Å². The fourth-order valence-corrected chi connectivity index (χ4v) is 12.2. The molecule has 0 aromatic rings. The summed E-state index contributed by atoms with van der Waals surface area (Å²) in [6.45, 7) is 4.69. The van der Waals surface area contributed by atoms with E-state index in [1.807, 2.05) is 27.2 Å². The maximum absolute atomic E-state index is 13.0. The van der Waals surface area contributed by atoms with Crippen LogP contribution in [0.1, 0.15) is 386 Å². The molecule has 0 saturated carbocycles. The van der Waals surface area contributed by atoms with E-state index in [4.69, 9.17) is 9.05 Å². The Balaban J connectivity index is 3.99. The molecule has 0 aliphatic carbocycles. The van der Waals surface area contributed by atoms with Gasteiger partial charge in [0, 0.05) is 6.42 Å². The van der Waals surface area contributed by atoms with Crippen LogP contribution in [-0.2, 0) is 18.4 Å². The minimum absolute atomic E-state index is 0.00459. The van der Waals surface area contributed by atoms with Gasteiger partial charge in [0.25, 0.3) is 7.82 Å². The van der Waals surface area contributed by atoms with E-state index in [-0.39, 0.29) is 19.1 Å². The molecule has 0 rings (SSSR count). The molecule has 1 amide bonds. The molecule has 3 atom stereocenters. The second kappa shape index (κ2) is 66.1. The standard InChI is InChI=1S/C75H147N2O6P/c1-6-8-10-12-14-16-18-20-22-24-26-28-30-32-33-34-35-36-37-38-39-40-41-42-43-45-47-49-51-53-55-57-59-61-63-65-67-69-75(79)76-73(72-83-84(80,81)82-71-70-77(3,4)5)74(78)68-66-64-62-60-58-56-54-52-50-48-46-44-31-29-27-25-23-21-19-17-15-13-11-9-7-2/h36-37,58,60,66,68,73-74,78H,6-35,38-57,59,61-65,67,69-72H2,1-5H3,(H-,76,79,80,81)/b37-36-,60-58+,68-66+. The van der Waals surface area contributed by atoms with E-state index < -0.39 is 20.0 Å². The highest BCUT2D eigenvalue weighted by atomic mass is 31.2. The Hall–Kier alpha value is -1.28. The zero-order chi connectivity index (χ0) is 61.2. The van der Waals surface area contributed by atoms with Crippen molar-refractivity contribution in [2.45, 2.75) is 398 Å². The van der Waals surface area contributed by atoms with Crippen LogP contribution in [0.3, 0.4) is 0 Å². The van der Waals surface area contributed by atoms with Gasteiger partial charge in [0.1, 0.15) is 13.2 Å². The van der Waals surface area contributed by atoms with Gasteiger partial charge in [0.2, 0.25) is 5.91 Å². The zero-order valence-corrected chi connectivity index (χ0v) is 58.0. The third kappa shape index (κ3) is 68.2. The summed E-state index contributed by atoms with van der Waals surface area (Å²) in [5.74, 6) is -0.200. The van der Waals surface area contributed by atoms with Gasteiger partial charge < -0.3 is 28.8 Å². The van der Waals surface area contributed by atoms with Crippen LogP contribution >= 0.6 is 7.82 Å². The summed E-state index contributed by atoms with van der Waals surface area (Å²) in [6, 6.07) is -0.904. The number of phosphoric ester groups is 1. The predicted octanol–water partition coefficient (Wildman–Crippen LogP) is 23.4. The monoisotopic (exact) mass is 1200 g/mol. The summed E-state index contributed by atoms with van der Waals surface area (Å²) < 4.78 is 23.5. The van der Waals surface area contributed by atoms with Gasteiger partial charge in [-0.05, 0) is 57.8 Å². The molecule has 498 valence electrons. The summed E-state index contributed by atoms with van der Waals surface area (Å²) in [6.07, 6.45) is 88.7. The number of quaternary nitrogens is 1. The first-order chi connectivity index (χ1) is 41.0. The molecule has 3 unspecified atom stereocenters. The van der Waals surface area contributed by atoms with E-state index in [1.165, 1.54) is 327 Å². The van der Waals surface area contributed by atoms with E-state index >= 15 is 0 Å². The largest absolute Gasteiger partial charge is 0.756 e. The molecule has 0 aliphatic heterocycles. The number of likely N-dealkylation sites (N-methyl/N-ethyl adjacent to an activating group) is 1. The highest BCUT2D eigenvalue weighted by molar-refractivity contribution is 7.45. The predicted molar refractivity (Wildman–Crippen MR) is 367 cm³/mol. The first kappa shape index (κ1) is 82.7. The number of carbonyl (C=O) groups is 1. The number of rotatable bonds is 70. The number of unbranched alkanes of at least 4 members (excludes halogenated alkanes) is 53. The maximum atomic E-state index is 13.0. The van der Waals surface area contributed by atoms with Gasteiger partial charge in [-0.25, -0.2) is 0 Å². The minimum atomic E-state index is -4.61. The quantitative estimate of drug-likeness (QED) is 0.0272. The Morgan fingerprint density at radius 2 is 0.667 bits per heavy atom. The van der Waals surface area contributed by atoms with E-state index in [0.717, 1.165) is 38.5 Å². The average molecular weight is 1200 g/mol. The first-order valence-electron chi connectivity index (χ1n) is 37.4. The van der Waals surface area contributed by atoms with Crippen LogP contribution in [0.25, 0.3) is 0 Å². The van der Waals surface area contributed by atoms with E-state index in [9.17, 15) is 19.4 Å². The Morgan fingerprint density at radius 3 is 0.964 bits per heavy atom. The Labute approximate surface area is 525 Å². The summed E-state index contributed by atoms with van der Waals surface area (Å²) >= 11 is 0. The molecule has 0 aromatic heterocycles. The normalized spacial score (nSPS) is 13.8. The molecule has 0 heterocycles. The van der Waals surface area contributed by atoms with Gasteiger partial charge in [-0.2, -0.15) is 0 Å². The van der Waals surface area contributed by atoms with Gasteiger partial charge >= 0.3 is 0 Å². The van der Waals surface area contributed by atoms with Crippen LogP contribution in [0.4, 0.5) is 0 Å². The summed E-state index contributed by atoms with van der Waals surface area (Å²) in [5.41, 5.74) is 0. The van der Waals surface area contributed by atoms with Crippen molar-refractivity contribution in [3.63, 3.8) is 0 Å². The molecular formula is C75H147N2O6P. The molecule has 0 bridgehead atoms. The van der Waals surface area contributed by atoms with Gasteiger partial charge in [0.05, 0.1) is 39.9 Å². The Bertz CT molecular complexity index is 1460. The second-order valence-corrected chi connectivity index (χ2v) is 28.4. The van der Waals surface area contributed by atoms with E-state index in [0.29, 0.717) is 17.4 Å². The number of hydrogen-bond donors (Lipinski definition) is 2. The van der Waals surface area contributed by atoms with Crippen LogP contribution in [0, 0.1) is 0 Å². The highest BCUT2D eigenvalue weighted by Gasteiger charge is 2.23. The van der Waals surface area contributed by atoms with Crippen molar-refractivity contribution in [2.75, 3.05) is 40.9 Å². The summed E-state index contributed by atoms with van der Waals surface area (Å²) in [4.78, 5) is 25.6. The summed E-state index contributed by atoms with van der Waals surface area (Å²) in [7, 11) is 1.26. The smallest absolute Gasteiger partial charge is 0.268 e. The molecule has 0 fully saturated rings. The van der Waals surface area contributed by atoms with Crippen molar-refractivity contribution in [3.8, 4) is 0 Å². The third-order valence-electron chi connectivity index (χ3n) is 17.3. The lowest BCUT2D eigenvalue weighted by Crippen LogP contribution is -2.45. The lowest BCUT2D eigenvalue weighted by molar-refractivity contribution is -0.870. The third-order valence-corrected chi connectivity index (χ3v) is 18.3. The number of hydrogen-bond acceptors (Lipinski definition) is 6. The number of aliphatic hydroxyl groups is 1. The van der Waals surface area contributed by atoms with Crippen LogP contribution < -0.4 is 10.2 Å². The number of allylic oxidation sites excluding steroid dienone is 5. The van der Waals surface area contributed by atoms with E-state index in [1.54, 1.807) is 6.08 Å². The molecular weight excluding hydrogens is 1060 g/mol. The van der Waals surface area contributed by atoms with Crippen molar-refractivity contribution in [3.05, 3.63) is 36.5 Å². The maximum Gasteiger partial charge on any atom is 0.268 e. The molecule has 9 heteroatoms. The van der Waals surface area contributed by atoms with Crippen LogP contribution in [0.2, 0.25) is 0 Å². The number of nitrogens with zero attached hydrogens (tertiary/aromatic N) is 1. The lowest BCUT2D eigenvalue weighted by atomic mass is 10.0.